The molecule has 0 unspecified atom stereocenters. The Kier molecular flexibility index (Phi) is 47.2. The summed E-state index contributed by atoms with van der Waals surface area (Å²) in [5, 5.41) is 0. The molecule has 60 heavy (non-hydrogen) atoms. The van der Waals surface area contributed by atoms with Gasteiger partial charge in [-0.25, -0.2) is 0 Å². The summed E-state index contributed by atoms with van der Waals surface area (Å²) in [6.07, 6.45) is 51.0. The summed E-state index contributed by atoms with van der Waals surface area (Å²) in [7, 11) is 0. The number of carbonyl (C=O) groups excluding carboxylic acids is 3. The minimum absolute atomic E-state index is 0.0634. The van der Waals surface area contributed by atoms with Crippen molar-refractivity contribution in [2.45, 2.75) is 310 Å². The van der Waals surface area contributed by atoms with Crippen LogP contribution in [0.4, 0.5) is 0 Å². The second-order valence-corrected chi connectivity index (χ2v) is 19.0. The summed E-state index contributed by atoms with van der Waals surface area (Å²) in [6.45, 7) is 8.98. The third kappa shape index (κ3) is 47.5. The zero-order valence-electron chi connectivity index (χ0n) is 40.9. The summed E-state index contributed by atoms with van der Waals surface area (Å²) in [4.78, 5) is 37.9. The van der Waals surface area contributed by atoms with E-state index >= 15 is 0 Å². The Hall–Kier alpha value is -1.59. The Morgan fingerprint density at radius 2 is 0.550 bits per heavy atom. The first-order chi connectivity index (χ1) is 29.4. The van der Waals surface area contributed by atoms with E-state index in [9.17, 15) is 14.4 Å². The third-order valence-corrected chi connectivity index (χ3v) is 12.3. The molecule has 0 aromatic heterocycles. The number of hydrogen-bond donors (Lipinski definition) is 0. The molecule has 0 aliphatic rings. The number of rotatable bonds is 49. The first-order valence-electron chi connectivity index (χ1n) is 26.9. The molecule has 356 valence electrons. The van der Waals surface area contributed by atoms with Crippen LogP contribution in [-0.2, 0) is 28.6 Å². The van der Waals surface area contributed by atoms with Crippen molar-refractivity contribution in [1.29, 1.82) is 0 Å². The summed E-state index contributed by atoms with van der Waals surface area (Å²) >= 11 is 0. The predicted octanol–water partition coefficient (Wildman–Crippen LogP) is 17.5. The van der Waals surface area contributed by atoms with Crippen molar-refractivity contribution in [3.63, 3.8) is 0 Å². The van der Waals surface area contributed by atoms with Gasteiger partial charge >= 0.3 is 17.9 Å². The van der Waals surface area contributed by atoms with Gasteiger partial charge in [0.2, 0.25) is 0 Å². The van der Waals surface area contributed by atoms with E-state index in [1.165, 1.54) is 199 Å². The molecular formula is C54H104O6. The fourth-order valence-corrected chi connectivity index (χ4v) is 8.22. The first-order valence-corrected chi connectivity index (χ1v) is 26.9. The molecule has 0 bridgehead atoms. The van der Waals surface area contributed by atoms with Gasteiger partial charge in [-0.3, -0.25) is 14.4 Å². The van der Waals surface area contributed by atoms with E-state index < -0.39 is 6.10 Å². The maximum absolute atomic E-state index is 12.7. The van der Waals surface area contributed by atoms with Gasteiger partial charge in [0.15, 0.2) is 6.10 Å². The molecule has 0 heterocycles. The highest BCUT2D eigenvalue weighted by atomic mass is 16.6. The van der Waals surface area contributed by atoms with Crippen LogP contribution in [0.3, 0.4) is 0 Å². The van der Waals surface area contributed by atoms with Crippen molar-refractivity contribution in [3.8, 4) is 0 Å². The zero-order chi connectivity index (χ0) is 43.8. The Bertz CT molecular complexity index is 903. The van der Waals surface area contributed by atoms with Crippen molar-refractivity contribution in [3.05, 3.63) is 0 Å². The molecule has 1 atom stereocenters. The van der Waals surface area contributed by atoms with Crippen LogP contribution in [0, 0.1) is 5.92 Å². The van der Waals surface area contributed by atoms with E-state index in [2.05, 4.69) is 27.7 Å². The summed E-state index contributed by atoms with van der Waals surface area (Å²) < 4.78 is 16.8. The highest BCUT2D eigenvalue weighted by Crippen LogP contribution is 2.17. The van der Waals surface area contributed by atoms with Crippen molar-refractivity contribution in [1.82, 2.24) is 0 Å². The van der Waals surface area contributed by atoms with Gasteiger partial charge < -0.3 is 14.2 Å². The van der Waals surface area contributed by atoms with E-state index in [4.69, 9.17) is 14.2 Å². The van der Waals surface area contributed by atoms with Gasteiger partial charge in [-0.2, -0.15) is 0 Å². The zero-order valence-corrected chi connectivity index (χ0v) is 40.9. The fourth-order valence-electron chi connectivity index (χ4n) is 8.22. The van der Waals surface area contributed by atoms with E-state index in [1.54, 1.807) is 0 Å². The summed E-state index contributed by atoms with van der Waals surface area (Å²) in [6, 6.07) is 0. The predicted molar refractivity (Wildman–Crippen MR) is 257 cm³/mol. The van der Waals surface area contributed by atoms with E-state index in [0.29, 0.717) is 19.3 Å². The normalized spacial score (nSPS) is 11.9. The summed E-state index contributed by atoms with van der Waals surface area (Å²) in [5.74, 6) is -0.0683. The molecule has 6 nitrogen and oxygen atoms in total. The van der Waals surface area contributed by atoms with Crippen molar-refractivity contribution in [2.24, 2.45) is 5.92 Å². The maximum atomic E-state index is 12.7. The Labute approximate surface area is 374 Å². The molecule has 0 spiro atoms. The smallest absolute Gasteiger partial charge is 0.306 e. The van der Waals surface area contributed by atoms with Gasteiger partial charge in [0.25, 0.3) is 0 Å². The maximum Gasteiger partial charge on any atom is 0.306 e. The second-order valence-electron chi connectivity index (χ2n) is 19.0. The monoisotopic (exact) mass is 849 g/mol. The number of hydrogen-bond acceptors (Lipinski definition) is 6. The van der Waals surface area contributed by atoms with Crippen LogP contribution < -0.4 is 0 Å². The lowest BCUT2D eigenvalue weighted by atomic mass is 10.0. The topological polar surface area (TPSA) is 78.9 Å². The molecule has 6 heteroatoms. The molecule has 0 aliphatic heterocycles. The minimum atomic E-state index is -0.761. The SMILES string of the molecule is CCCCCCCCCCCCCCCCCCCCCC(=O)OC[C@@H](COC(=O)CCCCCCCCCCCCCCC)OC(=O)CCCCCCCCCC(C)C. The molecule has 0 amide bonds. The molecule has 0 radical (unpaired) electrons. The van der Waals surface area contributed by atoms with Gasteiger partial charge in [0.1, 0.15) is 13.2 Å². The lowest BCUT2D eigenvalue weighted by Crippen LogP contribution is -2.30. The van der Waals surface area contributed by atoms with Crippen LogP contribution >= 0.6 is 0 Å². The Morgan fingerprint density at radius 1 is 0.317 bits per heavy atom. The summed E-state index contributed by atoms with van der Waals surface area (Å²) in [5.41, 5.74) is 0. The van der Waals surface area contributed by atoms with Gasteiger partial charge in [-0.05, 0) is 25.2 Å². The second kappa shape index (κ2) is 48.4. The van der Waals surface area contributed by atoms with Gasteiger partial charge in [0.05, 0.1) is 0 Å². The van der Waals surface area contributed by atoms with Crippen LogP contribution in [0.5, 0.6) is 0 Å². The van der Waals surface area contributed by atoms with Crippen LogP contribution in [-0.4, -0.2) is 37.2 Å². The highest BCUT2D eigenvalue weighted by molar-refractivity contribution is 5.71. The van der Waals surface area contributed by atoms with Crippen LogP contribution in [0.1, 0.15) is 304 Å². The standard InChI is InChI=1S/C54H104O6/c1-5-7-9-11-13-15-17-19-20-21-22-23-24-26-28-30-34-38-42-46-53(56)59-49-51(60-54(57)47-43-39-35-31-32-36-40-44-50(3)4)48-58-52(55)45-41-37-33-29-27-25-18-16-14-12-10-8-6-2/h50-51H,5-49H2,1-4H3/t51-/m1/s1. The lowest BCUT2D eigenvalue weighted by molar-refractivity contribution is -0.167. The van der Waals surface area contributed by atoms with Gasteiger partial charge in [-0.15, -0.1) is 0 Å². The molecule has 0 fully saturated rings. The van der Waals surface area contributed by atoms with E-state index in [1.807, 2.05) is 0 Å². The van der Waals surface area contributed by atoms with Gasteiger partial charge in [-0.1, -0.05) is 265 Å². The molecule has 0 aromatic rings. The number of ether oxygens (including phenoxy) is 3. The number of carbonyl (C=O) groups is 3. The largest absolute Gasteiger partial charge is 0.462 e. The fraction of sp³-hybridized carbons (Fsp3) is 0.944. The average Bonchev–Trinajstić information content (AvgIpc) is 3.23. The molecule has 0 saturated carbocycles. The van der Waals surface area contributed by atoms with Crippen LogP contribution in [0.25, 0.3) is 0 Å². The first kappa shape index (κ1) is 58.4. The molecule has 0 aliphatic carbocycles. The number of unbranched alkanes of at least 4 members (excludes halogenated alkanes) is 36. The van der Waals surface area contributed by atoms with Crippen molar-refractivity contribution < 1.29 is 28.6 Å². The highest BCUT2D eigenvalue weighted by Gasteiger charge is 2.19. The third-order valence-electron chi connectivity index (χ3n) is 12.3. The van der Waals surface area contributed by atoms with E-state index in [-0.39, 0.29) is 31.1 Å². The molecular weight excluding hydrogens is 745 g/mol. The van der Waals surface area contributed by atoms with Crippen LogP contribution in [0.2, 0.25) is 0 Å². The Balaban J connectivity index is 4.22. The van der Waals surface area contributed by atoms with E-state index in [0.717, 1.165) is 63.7 Å². The number of esters is 3. The minimum Gasteiger partial charge on any atom is -0.462 e. The molecule has 0 saturated heterocycles. The average molecular weight is 849 g/mol. The van der Waals surface area contributed by atoms with Crippen molar-refractivity contribution in [2.75, 3.05) is 13.2 Å². The van der Waals surface area contributed by atoms with Crippen molar-refractivity contribution >= 4 is 17.9 Å². The lowest BCUT2D eigenvalue weighted by Gasteiger charge is -2.18. The van der Waals surface area contributed by atoms with Gasteiger partial charge in [0, 0.05) is 19.3 Å². The van der Waals surface area contributed by atoms with Crippen LogP contribution in [0.15, 0.2) is 0 Å². The molecule has 0 aromatic carbocycles. The molecule has 0 rings (SSSR count). The Morgan fingerprint density at radius 3 is 0.817 bits per heavy atom. The quantitative estimate of drug-likeness (QED) is 0.0345. The molecule has 0 N–H and O–H groups in total.